The highest BCUT2D eigenvalue weighted by molar-refractivity contribution is 5.85. The summed E-state index contributed by atoms with van der Waals surface area (Å²) in [7, 11) is 0. The zero-order valence-corrected chi connectivity index (χ0v) is 12.2. The number of aryl methyl sites for hydroxylation is 2. The average Bonchev–Trinajstić information content (AvgIpc) is 2.46. The van der Waals surface area contributed by atoms with Crippen molar-refractivity contribution in [1.29, 1.82) is 0 Å². The molecule has 0 aliphatic rings. The average molecular weight is 286 g/mol. The van der Waals surface area contributed by atoms with Gasteiger partial charge in [0.1, 0.15) is 5.75 Å². The molecule has 2 aromatic rings. The van der Waals surface area contributed by atoms with Crippen molar-refractivity contribution in [3.8, 4) is 11.8 Å². The lowest BCUT2D eigenvalue weighted by Gasteiger charge is -2.06. The molecule has 110 valence electrons. The van der Waals surface area contributed by atoms with Crippen LogP contribution in [0.4, 0.5) is 0 Å². The van der Waals surface area contributed by atoms with Crippen LogP contribution in [0.1, 0.15) is 41.5 Å². The van der Waals surface area contributed by atoms with Gasteiger partial charge >= 0.3 is 12.0 Å². The molecule has 1 heterocycles. The number of carboxylic acid groups (broad SMARTS) is 1. The lowest BCUT2D eigenvalue weighted by atomic mass is 10.1. The van der Waals surface area contributed by atoms with Gasteiger partial charge in [-0.2, -0.15) is 4.98 Å². The fourth-order valence-corrected chi connectivity index (χ4v) is 1.91. The van der Waals surface area contributed by atoms with Crippen LogP contribution in [0.3, 0.4) is 0 Å². The molecule has 0 aliphatic carbocycles. The van der Waals surface area contributed by atoms with Gasteiger partial charge in [-0.15, -0.1) is 0 Å². The van der Waals surface area contributed by atoms with E-state index in [-0.39, 0.29) is 11.7 Å². The van der Waals surface area contributed by atoms with Crippen molar-refractivity contribution in [3.05, 3.63) is 47.3 Å². The summed E-state index contributed by atoms with van der Waals surface area (Å²) in [5.74, 6) is -0.502. The number of benzene rings is 1. The molecule has 1 aromatic heterocycles. The normalized spacial score (nSPS) is 10.4. The van der Waals surface area contributed by atoms with Crippen molar-refractivity contribution < 1.29 is 14.6 Å². The molecule has 0 radical (unpaired) electrons. The zero-order valence-electron chi connectivity index (χ0n) is 12.2. The Morgan fingerprint density at radius 3 is 2.57 bits per heavy atom. The monoisotopic (exact) mass is 286 g/mol. The van der Waals surface area contributed by atoms with E-state index < -0.39 is 5.97 Å². The Morgan fingerprint density at radius 1 is 1.24 bits per heavy atom. The van der Waals surface area contributed by atoms with Crippen molar-refractivity contribution in [2.75, 3.05) is 0 Å². The molecule has 0 amide bonds. The third kappa shape index (κ3) is 4.27. The Labute approximate surface area is 123 Å². The van der Waals surface area contributed by atoms with Crippen LogP contribution in [-0.2, 0) is 6.42 Å². The Kier molecular flexibility index (Phi) is 4.87. The van der Waals surface area contributed by atoms with Gasteiger partial charge in [0.15, 0.2) is 5.69 Å². The predicted octanol–water partition coefficient (Wildman–Crippen LogP) is 3.62. The number of aromatic carboxylic acids is 1. The number of hydrogen-bond acceptors (Lipinski definition) is 4. The maximum absolute atomic E-state index is 11.0. The van der Waals surface area contributed by atoms with Gasteiger partial charge in [-0.05, 0) is 43.5 Å². The first kappa shape index (κ1) is 15.0. The molecule has 0 unspecified atom stereocenters. The summed E-state index contributed by atoms with van der Waals surface area (Å²) in [6.07, 6.45) is 3.36. The van der Waals surface area contributed by atoms with Crippen molar-refractivity contribution in [1.82, 2.24) is 9.97 Å². The van der Waals surface area contributed by atoms with Gasteiger partial charge in [-0.25, -0.2) is 9.78 Å². The van der Waals surface area contributed by atoms with E-state index in [1.807, 2.05) is 24.3 Å². The molecule has 0 bridgehead atoms. The second kappa shape index (κ2) is 6.83. The van der Waals surface area contributed by atoms with E-state index in [9.17, 15) is 4.79 Å². The maximum Gasteiger partial charge on any atom is 0.354 e. The summed E-state index contributed by atoms with van der Waals surface area (Å²) in [4.78, 5) is 18.9. The van der Waals surface area contributed by atoms with Crippen molar-refractivity contribution in [2.24, 2.45) is 0 Å². The first-order valence-electron chi connectivity index (χ1n) is 6.94. The molecule has 0 aliphatic heterocycles. The van der Waals surface area contributed by atoms with Crippen LogP contribution in [-0.4, -0.2) is 21.0 Å². The second-order valence-electron chi connectivity index (χ2n) is 4.83. The third-order valence-corrected chi connectivity index (χ3v) is 3.00. The fraction of sp³-hybridized carbons (Fsp3) is 0.312. The van der Waals surface area contributed by atoms with E-state index in [1.165, 1.54) is 11.6 Å². The summed E-state index contributed by atoms with van der Waals surface area (Å²) in [5.41, 5.74) is 1.73. The number of carbonyl (C=O) groups is 1. The lowest BCUT2D eigenvalue weighted by Crippen LogP contribution is -2.04. The number of unbranched alkanes of at least 4 members (excludes halogenated alkanes) is 1. The summed E-state index contributed by atoms with van der Waals surface area (Å²) < 4.78 is 5.52. The Hall–Kier alpha value is -2.43. The molecule has 0 spiro atoms. The van der Waals surface area contributed by atoms with Gasteiger partial charge in [0, 0.05) is 5.69 Å². The van der Waals surface area contributed by atoms with E-state index in [0.717, 1.165) is 19.3 Å². The van der Waals surface area contributed by atoms with E-state index >= 15 is 0 Å². The lowest BCUT2D eigenvalue weighted by molar-refractivity contribution is 0.0689. The molecule has 5 nitrogen and oxygen atoms in total. The smallest absolute Gasteiger partial charge is 0.354 e. The highest BCUT2D eigenvalue weighted by Crippen LogP contribution is 2.19. The standard InChI is InChI=1S/C16H18N2O3/c1-3-4-5-12-6-8-13(9-7-12)21-16-17-11(2)10-14(18-16)15(19)20/h6-10H,3-5H2,1-2H3,(H,19,20). The Morgan fingerprint density at radius 2 is 1.95 bits per heavy atom. The minimum absolute atomic E-state index is 0.0497. The van der Waals surface area contributed by atoms with Gasteiger partial charge in [0.25, 0.3) is 0 Å². The zero-order chi connectivity index (χ0) is 15.2. The predicted molar refractivity (Wildman–Crippen MR) is 78.9 cm³/mol. The minimum Gasteiger partial charge on any atom is -0.477 e. The van der Waals surface area contributed by atoms with Crippen molar-refractivity contribution >= 4 is 5.97 Å². The van der Waals surface area contributed by atoms with Crippen LogP contribution < -0.4 is 4.74 Å². The molecule has 0 fully saturated rings. The van der Waals surface area contributed by atoms with Crippen molar-refractivity contribution in [3.63, 3.8) is 0 Å². The molecule has 1 aromatic carbocycles. The molecule has 2 rings (SSSR count). The van der Waals surface area contributed by atoms with Crippen LogP contribution in [0.5, 0.6) is 11.8 Å². The second-order valence-corrected chi connectivity index (χ2v) is 4.83. The highest BCUT2D eigenvalue weighted by Gasteiger charge is 2.10. The van der Waals surface area contributed by atoms with Crippen LogP contribution in [0, 0.1) is 6.92 Å². The summed E-state index contributed by atoms with van der Waals surface area (Å²) in [6, 6.07) is 9.14. The van der Waals surface area contributed by atoms with E-state index in [1.54, 1.807) is 6.92 Å². The molecule has 1 N–H and O–H groups in total. The highest BCUT2D eigenvalue weighted by atomic mass is 16.5. The minimum atomic E-state index is -1.10. The van der Waals surface area contributed by atoms with Crippen LogP contribution in [0.2, 0.25) is 0 Å². The Balaban J connectivity index is 2.12. The van der Waals surface area contributed by atoms with Crippen LogP contribution >= 0.6 is 0 Å². The fourth-order valence-electron chi connectivity index (χ4n) is 1.91. The number of nitrogens with zero attached hydrogens (tertiary/aromatic N) is 2. The van der Waals surface area contributed by atoms with Gasteiger partial charge in [-0.3, -0.25) is 0 Å². The van der Waals surface area contributed by atoms with Gasteiger partial charge < -0.3 is 9.84 Å². The maximum atomic E-state index is 11.0. The molecule has 0 saturated carbocycles. The van der Waals surface area contributed by atoms with Crippen LogP contribution in [0.15, 0.2) is 30.3 Å². The van der Waals surface area contributed by atoms with Gasteiger partial charge in [0.05, 0.1) is 0 Å². The summed E-state index contributed by atoms with van der Waals surface area (Å²) >= 11 is 0. The Bertz CT molecular complexity index is 624. The molecule has 5 heteroatoms. The molecule has 0 saturated heterocycles. The first-order valence-corrected chi connectivity index (χ1v) is 6.94. The molecule has 0 atom stereocenters. The van der Waals surface area contributed by atoms with Gasteiger partial charge in [-0.1, -0.05) is 25.5 Å². The van der Waals surface area contributed by atoms with E-state index in [0.29, 0.717) is 11.4 Å². The number of ether oxygens (including phenoxy) is 1. The number of carboxylic acids is 1. The largest absolute Gasteiger partial charge is 0.477 e. The van der Waals surface area contributed by atoms with E-state index in [4.69, 9.17) is 9.84 Å². The summed E-state index contributed by atoms with van der Waals surface area (Å²) in [6.45, 7) is 3.86. The SMILES string of the molecule is CCCCc1ccc(Oc2nc(C)cc(C(=O)O)n2)cc1. The first-order chi connectivity index (χ1) is 10.1. The quantitative estimate of drug-likeness (QED) is 0.878. The molecule has 21 heavy (non-hydrogen) atoms. The molecular formula is C16H18N2O3. The number of hydrogen-bond donors (Lipinski definition) is 1. The number of rotatable bonds is 6. The molecular weight excluding hydrogens is 268 g/mol. The van der Waals surface area contributed by atoms with E-state index in [2.05, 4.69) is 16.9 Å². The topological polar surface area (TPSA) is 72.3 Å². The van der Waals surface area contributed by atoms with Crippen LogP contribution in [0.25, 0.3) is 0 Å². The summed E-state index contributed by atoms with van der Waals surface area (Å²) in [5, 5.41) is 8.97. The third-order valence-electron chi connectivity index (χ3n) is 3.00. The number of aromatic nitrogens is 2. The van der Waals surface area contributed by atoms with Crippen molar-refractivity contribution in [2.45, 2.75) is 33.1 Å². The van der Waals surface area contributed by atoms with Gasteiger partial charge in [0.2, 0.25) is 0 Å².